The summed E-state index contributed by atoms with van der Waals surface area (Å²) < 4.78 is 5.16. The molecule has 0 aliphatic carbocycles. The number of carbonyl (C=O) groups is 2. The number of urea groups is 1. The van der Waals surface area contributed by atoms with Gasteiger partial charge in [0.2, 0.25) is 0 Å². The van der Waals surface area contributed by atoms with Crippen LogP contribution in [0.1, 0.15) is 18.1 Å². The van der Waals surface area contributed by atoms with Crippen molar-refractivity contribution in [3.63, 3.8) is 0 Å². The molecule has 7 heteroatoms. The molecule has 1 aliphatic heterocycles. The van der Waals surface area contributed by atoms with Gasteiger partial charge in [0.15, 0.2) is 0 Å². The molecule has 0 radical (unpaired) electrons. The molecule has 148 valence electrons. The zero-order valence-electron chi connectivity index (χ0n) is 16.0. The average molecular weight is 421 g/mol. The fraction of sp³-hybridized carbons (Fsp3) is 0.333. The fourth-order valence-electron chi connectivity index (χ4n) is 3.47. The van der Waals surface area contributed by atoms with Crippen molar-refractivity contribution in [2.75, 3.05) is 25.2 Å². The minimum atomic E-state index is -1.04. The Kier molecular flexibility index (Phi) is 5.98. The summed E-state index contributed by atoms with van der Waals surface area (Å²) in [5, 5.41) is 0.720. The van der Waals surface area contributed by atoms with Crippen molar-refractivity contribution in [1.82, 2.24) is 4.90 Å². The second kappa shape index (κ2) is 8.11. The molecule has 5 nitrogen and oxygen atoms in total. The van der Waals surface area contributed by atoms with Crippen LogP contribution in [0.15, 0.2) is 42.5 Å². The lowest BCUT2D eigenvalue weighted by molar-refractivity contribution is -0.124. The van der Waals surface area contributed by atoms with E-state index in [9.17, 15) is 9.59 Å². The largest absolute Gasteiger partial charge is 0.383 e. The standard InChI is InChI=1S/C21H22Cl2N2O3/c1-14-4-6-15(7-5-14)13-21(2)19(26)25(20(27)24(21)8-9-28-3)18-11-16(22)10-17(23)12-18/h4-7,10-12H,8-9,13H2,1-3H3/t21-/m1/s1. The predicted octanol–water partition coefficient (Wildman–Crippen LogP) is 4.72. The van der Waals surface area contributed by atoms with Crippen molar-refractivity contribution in [1.29, 1.82) is 0 Å². The SMILES string of the molecule is COCCN1C(=O)N(c2cc(Cl)cc(Cl)c2)C(=O)[C@@]1(C)Cc1ccc(C)cc1. The van der Waals surface area contributed by atoms with Gasteiger partial charge in [-0.15, -0.1) is 0 Å². The average Bonchev–Trinajstić information content (AvgIpc) is 2.80. The zero-order valence-corrected chi connectivity index (χ0v) is 17.5. The normalized spacial score (nSPS) is 19.6. The summed E-state index contributed by atoms with van der Waals surface area (Å²) in [4.78, 5) is 29.4. The van der Waals surface area contributed by atoms with Gasteiger partial charge < -0.3 is 9.64 Å². The van der Waals surface area contributed by atoms with E-state index in [1.165, 1.54) is 0 Å². The van der Waals surface area contributed by atoms with Crippen molar-refractivity contribution in [2.45, 2.75) is 25.8 Å². The summed E-state index contributed by atoms with van der Waals surface area (Å²) in [5.74, 6) is -0.312. The van der Waals surface area contributed by atoms with Crippen LogP contribution in [0.5, 0.6) is 0 Å². The maximum atomic E-state index is 13.4. The first-order valence-corrected chi connectivity index (χ1v) is 9.68. The van der Waals surface area contributed by atoms with E-state index in [0.29, 0.717) is 35.3 Å². The van der Waals surface area contributed by atoms with E-state index in [-0.39, 0.29) is 5.91 Å². The van der Waals surface area contributed by atoms with Crippen LogP contribution in [0.4, 0.5) is 10.5 Å². The summed E-state index contributed by atoms with van der Waals surface area (Å²) in [6.07, 6.45) is 0.395. The predicted molar refractivity (Wildman–Crippen MR) is 111 cm³/mol. The molecule has 1 saturated heterocycles. The maximum absolute atomic E-state index is 13.4. The van der Waals surface area contributed by atoms with Crippen LogP contribution in [0.3, 0.4) is 0 Å². The number of hydrogen-bond acceptors (Lipinski definition) is 3. The van der Waals surface area contributed by atoms with Crippen molar-refractivity contribution in [3.05, 3.63) is 63.6 Å². The number of carbonyl (C=O) groups excluding carboxylic acids is 2. The van der Waals surface area contributed by atoms with E-state index >= 15 is 0 Å². The first-order valence-electron chi connectivity index (χ1n) is 8.93. The smallest absolute Gasteiger partial charge is 0.332 e. The van der Waals surface area contributed by atoms with Gasteiger partial charge in [-0.2, -0.15) is 0 Å². The highest BCUT2D eigenvalue weighted by atomic mass is 35.5. The van der Waals surface area contributed by atoms with Gasteiger partial charge in [0.05, 0.1) is 12.3 Å². The van der Waals surface area contributed by atoms with Crippen LogP contribution >= 0.6 is 23.2 Å². The fourth-order valence-corrected chi connectivity index (χ4v) is 3.99. The summed E-state index contributed by atoms with van der Waals surface area (Å²) >= 11 is 12.2. The second-order valence-electron chi connectivity index (χ2n) is 7.13. The summed E-state index contributed by atoms with van der Waals surface area (Å²) in [7, 11) is 1.56. The van der Waals surface area contributed by atoms with Crippen LogP contribution in [0.25, 0.3) is 0 Å². The Hall–Kier alpha value is -2.08. The minimum absolute atomic E-state index is 0.300. The molecule has 3 rings (SSSR count). The Morgan fingerprint density at radius 3 is 2.21 bits per heavy atom. The number of aryl methyl sites for hydroxylation is 1. The number of nitrogens with zero attached hydrogens (tertiary/aromatic N) is 2. The van der Waals surface area contributed by atoms with Gasteiger partial charge in [0, 0.05) is 30.1 Å². The molecule has 0 spiro atoms. The van der Waals surface area contributed by atoms with Gasteiger partial charge >= 0.3 is 6.03 Å². The van der Waals surface area contributed by atoms with Gasteiger partial charge in [0.1, 0.15) is 5.54 Å². The summed E-state index contributed by atoms with van der Waals surface area (Å²) in [6.45, 7) is 4.42. The molecule has 2 aromatic carbocycles. The highest BCUT2D eigenvalue weighted by molar-refractivity contribution is 6.35. The minimum Gasteiger partial charge on any atom is -0.383 e. The number of amides is 3. The number of methoxy groups -OCH3 is 1. The number of halogens is 2. The Morgan fingerprint density at radius 1 is 1.04 bits per heavy atom. The van der Waals surface area contributed by atoms with Crippen molar-refractivity contribution in [2.24, 2.45) is 0 Å². The molecule has 0 aromatic heterocycles. The molecule has 1 aliphatic rings. The quantitative estimate of drug-likeness (QED) is 0.635. The van der Waals surface area contributed by atoms with Gasteiger partial charge in [-0.25, -0.2) is 9.69 Å². The highest BCUT2D eigenvalue weighted by Gasteiger charge is 2.54. The molecule has 1 fully saturated rings. The molecule has 0 N–H and O–H groups in total. The van der Waals surface area contributed by atoms with Crippen molar-refractivity contribution in [3.8, 4) is 0 Å². The molecule has 2 aromatic rings. The number of imide groups is 1. The number of anilines is 1. The van der Waals surface area contributed by atoms with Crippen LogP contribution < -0.4 is 4.90 Å². The van der Waals surface area contributed by atoms with E-state index < -0.39 is 11.6 Å². The molecule has 28 heavy (non-hydrogen) atoms. The molecule has 1 heterocycles. The Balaban J connectivity index is 2.02. The van der Waals surface area contributed by atoms with Crippen LogP contribution in [0, 0.1) is 6.92 Å². The number of benzene rings is 2. The number of hydrogen-bond donors (Lipinski definition) is 0. The topological polar surface area (TPSA) is 49.9 Å². The number of ether oxygens (including phenoxy) is 1. The lowest BCUT2D eigenvalue weighted by Gasteiger charge is -2.31. The Labute approximate surface area is 174 Å². The Morgan fingerprint density at radius 2 is 1.64 bits per heavy atom. The first-order chi connectivity index (χ1) is 13.3. The molecule has 0 bridgehead atoms. The zero-order chi connectivity index (χ0) is 20.5. The lowest BCUT2D eigenvalue weighted by Crippen LogP contribution is -2.50. The van der Waals surface area contributed by atoms with Crippen LogP contribution in [-0.4, -0.2) is 42.6 Å². The van der Waals surface area contributed by atoms with Gasteiger partial charge in [-0.3, -0.25) is 4.79 Å². The van der Waals surface area contributed by atoms with Crippen molar-refractivity contribution >= 4 is 40.8 Å². The van der Waals surface area contributed by atoms with Gasteiger partial charge in [-0.05, 0) is 37.6 Å². The number of rotatable bonds is 6. The van der Waals surface area contributed by atoms with E-state index in [4.69, 9.17) is 27.9 Å². The summed E-state index contributed by atoms with van der Waals surface area (Å²) in [6, 6.07) is 12.2. The van der Waals surface area contributed by atoms with Crippen LogP contribution in [0.2, 0.25) is 10.0 Å². The van der Waals surface area contributed by atoms with E-state index in [2.05, 4.69) is 0 Å². The second-order valence-corrected chi connectivity index (χ2v) is 8.00. The van der Waals surface area contributed by atoms with Gasteiger partial charge in [0.25, 0.3) is 5.91 Å². The molecule has 0 unspecified atom stereocenters. The van der Waals surface area contributed by atoms with E-state index in [1.807, 2.05) is 31.2 Å². The molecule has 3 amide bonds. The Bertz CT molecular complexity index is 881. The summed E-state index contributed by atoms with van der Waals surface area (Å²) in [5.41, 5.74) is 1.43. The highest BCUT2D eigenvalue weighted by Crippen LogP contribution is 2.36. The van der Waals surface area contributed by atoms with Crippen LogP contribution in [-0.2, 0) is 16.0 Å². The van der Waals surface area contributed by atoms with Gasteiger partial charge in [-0.1, -0.05) is 53.0 Å². The van der Waals surface area contributed by atoms with E-state index in [0.717, 1.165) is 16.0 Å². The van der Waals surface area contributed by atoms with E-state index in [1.54, 1.807) is 37.1 Å². The van der Waals surface area contributed by atoms with Crippen molar-refractivity contribution < 1.29 is 14.3 Å². The third-order valence-corrected chi connectivity index (χ3v) is 5.41. The molecule has 1 atom stereocenters. The molecule has 0 saturated carbocycles. The third kappa shape index (κ3) is 3.88. The molecular weight excluding hydrogens is 399 g/mol. The monoisotopic (exact) mass is 420 g/mol. The lowest BCUT2D eigenvalue weighted by atomic mass is 9.90. The third-order valence-electron chi connectivity index (χ3n) is 4.98. The maximum Gasteiger partial charge on any atom is 0.332 e. The molecular formula is C21H22Cl2N2O3. The first kappa shape index (κ1) is 20.6.